The molecule has 0 aromatic carbocycles. The highest BCUT2D eigenvalue weighted by Crippen LogP contribution is 2.17. The number of hydrogen-bond donors (Lipinski definition) is 2. The lowest BCUT2D eigenvalue weighted by atomic mass is 9.95. The summed E-state index contributed by atoms with van der Waals surface area (Å²) in [5, 5.41) is 6.76. The van der Waals surface area contributed by atoms with Gasteiger partial charge >= 0.3 is 0 Å². The highest BCUT2D eigenvalue weighted by molar-refractivity contribution is 6.39. The lowest BCUT2D eigenvalue weighted by molar-refractivity contribution is -0.121. The van der Waals surface area contributed by atoms with Crippen LogP contribution in [0.2, 0.25) is 0 Å². The Morgan fingerprint density at radius 2 is 2.00 bits per heavy atom. The lowest BCUT2D eigenvalue weighted by Crippen LogP contribution is -2.42. The van der Waals surface area contributed by atoms with Crippen molar-refractivity contribution in [3.63, 3.8) is 0 Å². The first kappa shape index (κ1) is 11.1. The van der Waals surface area contributed by atoms with Gasteiger partial charge in [0.2, 0.25) is 5.91 Å². The van der Waals surface area contributed by atoms with Crippen molar-refractivity contribution in [3.8, 4) is 0 Å². The molecular weight excluding hydrogens is 206 g/mol. The maximum atomic E-state index is 11.8. The summed E-state index contributed by atoms with van der Waals surface area (Å²) in [6.45, 7) is 0. The van der Waals surface area contributed by atoms with Crippen LogP contribution in [0.5, 0.6) is 0 Å². The molecule has 0 unspecified atom stereocenters. The van der Waals surface area contributed by atoms with E-state index in [9.17, 15) is 9.59 Å². The van der Waals surface area contributed by atoms with Gasteiger partial charge in [0.1, 0.15) is 5.71 Å². The van der Waals surface area contributed by atoms with Crippen molar-refractivity contribution in [2.45, 2.75) is 51.0 Å². The topological polar surface area (TPSA) is 70.6 Å². The summed E-state index contributed by atoms with van der Waals surface area (Å²) in [6.07, 6.45) is 6.57. The standard InChI is InChI=1S/C11H17N3O2/c15-10-7-6-9(13-14-10)11(16)12-8-4-2-1-3-5-8/h8H,1-7H2,(H,12,16)(H,14,15). The summed E-state index contributed by atoms with van der Waals surface area (Å²) in [5.74, 6) is -0.235. The van der Waals surface area contributed by atoms with E-state index in [4.69, 9.17) is 0 Å². The number of amides is 2. The van der Waals surface area contributed by atoms with Crippen LogP contribution in [0.4, 0.5) is 0 Å². The molecule has 2 rings (SSSR count). The van der Waals surface area contributed by atoms with Crippen LogP contribution in [0.1, 0.15) is 44.9 Å². The highest BCUT2D eigenvalue weighted by Gasteiger charge is 2.21. The van der Waals surface area contributed by atoms with Crippen LogP contribution in [0.25, 0.3) is 0 Å². The van der Waals surface area contributed by atoms with Crippen molar-refractivity contribution in [1.82, 2.24) is 10.7 Å². The quantitative estimate of drug-likeness (QED) is 0.723. The summed E-state index contributed by atoms with van der Waals surface area (Å²) in [6, 6.07) is 0.293. The first-order valence-corrected chi connectivity index (χ1v) is 5.92. The third kappa shape index (κ3) is 2.81. The Morgan fingerprint density at radius 1 is 1.25 bits per heavy atom. The van der Waals surface area contributed by atoms with Gasteiger partial charge < -0.3 is 5.32 Å². The molecule has 0 radical (unpaired) electrons. The first-order chi connectivity index (χ1) is 7.75. The van der Waals surface area contributed by atoms with Crippen molar-refractivity contribution in [1.29, 1.82) is 0 Å². The second-order valence-electron chi connectivity index (χ2n) is 4.40. The van der Waals surface area contributed by atoms with E-state index >= 15 is 0 Å². The predicted molar refractivity (Wildman–Crippen MR) is 59.8 cm³/mol. The number of hydrazone groups is 1. The number of nitrogens with one attached hydrogen (secondary N) is 2. The van der Waals surface area contributed by atoms with Gasteiger partial charge in [-0.15, -0.1) is 0 Å². The van der Waals surface area contributed by atoms with Crippen molar-refractivity contribution >= 4 is 17.5 Å². The molecule has 0 bridgehead atoms. The molecule has 5 heteroatoms. The van der Waals surface area contributed by atoms with Crippen LogP contribution in [0, 0.1) is 0 Å². The molecule has 0 aromatic rings. The second kappa shape index (κ2) is 5.09. The lowest BCUT2D eigenvalue weighted by Gasteiger charge is -2.23. The van der Waals surface area contributed by atoms with E-state index in [1.54, 1.807) is 0 Å². The SMILES string of the molecule is O=C1CCC(C(=O)NC2CCCCC2)=NN1. The van der Waals surface area contributed by atoms with Gasteiger partial charge in [0.25, 0.3) is 5.91 Å². The van der Waals surface area contributed by atoms with E-state index in [1.807, 2.05) is 0 Å². The summed E-state index contributed by atoms with van der Waals surface area (Å²) in [7, 11) is 0. The number of nitrogens with zero attached hydrogens (tertiary/aromatic N) is 1. The average molecular weight is 223 g/mol. The number of carbonyl (C=O) groups is 2. The molecular formula is C11H17N3O2. The van der Waals surface area contributed by atoms with E-state index in [2.05, 4.69) is 15.8 Å². The third-order valence-electron chi connectivity index (χ3n) is 3.11. The van der Waals surface area contributed by atoms with Crippen LogP contribution in [-0.2, 0) is 9.59 Å². The van der Waals surface area contributed by atoms with Gasteiger partial charge in [0, 0.05) is 18.9 Å². The molecule has 88 valence electrons. The number of hydrogen-bond acceptors (Lipinski definition) is 3. The molecule has 1 saturated carbocycles. The molecule has 2 N–H and O–H groups in total. The van der Waals surface area contributed by atoms with Gasteiger partial charge in [-0.3, -0.25) is 9.59 Å². The van der Waals surface area contributed by atoms with Crippen LogP contribution in [0.15, 0.2) is 5.10 Å². The molecule has 1 heterocycles. The fraction of sp³-hybridized carbons (Fsp3) is 0.727. The van der Waals surface area contributed by atoms with Crippen LogP contribution >= 0.6 is 0 Å². The zero-order chi connectivity index (χ0) is 11.4. The summed E-state index contributed by atoms with van der Waals surface area (Å²) in [4.78, 5) is 22.7. The smallest absolute Gasteiger partial charge is 0.267 e. The molecule has 0 spiro atoms. The molecule has 0 aromatic heterocycles. The molecule has 0 saturated heterocycles. The predicted octanol–water partition coefficient (Wildman–Crippen LogP) is 0.701. The van der Waals surface area contributed by atoms with Gasteiger partial charge in [-0.25, -0.2) is 5.43 Å². The van der Waals surface area contributed by atoms with E-state index < -0.39 is 0 Å². The molecule has 5 nitrogen and oxygen atoms in total. The van der Waals surface area contributed by atoms with E-state index in [1.165, 1.54) is 19.3 Å². The summed E-state index contributed by atoms with van der Waals surface area (Å²) in [5.41, 5.74) is 2.79. The maximum absolute atomic E-state index is 11.8. The average Bonchev–Trinajstić information content (AvgIpc) is 2.31. The minimum absolute atomic E-state index is 0.116. The van der Waals surface area contributed by atoms with Crippen LogP contribution in [-0.4, -0.2) is 23.6 Å². The Morgan fingerprint density at radius 3 is 2.62 bits per heavy atom. The maximum Gasteiger partial charge on any atom is 0.267 e. The van der Waals surface area contributed by atoms with Gasteiger partial charge in [-0.1, -0.05) is 19.3 Å². The van der Waals surface area contributed by atoms with E-state index in [0.717, 1.165) is 12.8 Å². The summed E-state index contributed by atoms with van der Waals surface area (Å²) < 4.78 is 0. The molecule has 16 heavy (non-hydrogen) atoms. The minimum atomic E-state index is -0.119. The van der Waals surface area contributed by atoms with Gasteiger partial charge in [0.15, 0.2) is 0 Å². The van der Waals surface area contributed by atoms with Gasteiger partial charge in [-0.2, -0.15) is 5.10 Å². The minimum Gasteiger partial charge on any atom is -0.348 e. The molecule has 2 aliphatic rings. The number of carbonyl (C=O) groups excluding carboxylic acids is 2. The Bertz CT molecular complexity index is 319. The fourth-order valence-corrected chi connectivity index (χ4v) is 2.15. The molecule has 1 aliphatic carbocycles. The summed E-state index contributed by atoms with van der Waals surface area (Å²) >= 11 is 0. The number of rotatable bonds is 2. The van der Waals surface area contributed by atoms with Crippen LogP contribution < -0.4 is 10.7 Å². The first-order valence-electron chi connectivity index (χ1n) is 5.92. The molecule has 1 aliphatic heterocycles. The van der Waals surface area contributed by atoms with E-state index in [0.29, 0.717) is 24.6 Å². The van der Waals surface area contributed by atoms with Crippen LogP contribution in [0.3, 0.4) is 0 Å². The zero-order valence-corrected chi connectivity index (χ0v) is 9.29. The van der Waals surface area contributed by atoms with Gasteiger partial charge in [-0.05, 0) is 12.8 Å². The second-order valence-corrected chi connectivity index (χ2v) is 4.40. The fourth-order valence-electron chi connectivity index (χ4n) is 2.15. The van der Waals surface area contributed by atoms with Crippen molar-refractivity contribution in [2.24, 2.45) is 5.10 Å². The van der Waals surface area contributed by atoms with Crippen molar-refractivity contribution < 1.29 is 9.59 Å². The Balaban J connectivity index is 1.85. The molecule has 2 amide bonds. The molecule has 0 atom stereocenters. The third-order valence-corrected chi connectivity index (χ3v) is 3.11. The van der Waals surface area contributed by atoms with Crippen molar-refractivity contribution in [3.05, 3.63) is 0 Å². The van der Waals surface area contributed by atoms with Gasteiger partial charge in [0.05, 0.1) is 0 Å². The Kier molecular flexibility index (Phi) is 3.54. The Hall–Kier alpha value is -1.39. The normalized spacial score (nSPS) is 22.2. The van der Waals surface area contributed by atoms with Crippen molar-refractivity contribution in [2.75, 3.05) is 0 Å². The zero-order valence-electron chi connectivity index (χ0n) is 9.29. The Labute approximate surface area is 94.7 Å². The molecule has 1 fully saturated rings. The largest absolute Gasteiger partial charge is 0.348 e. The highest BCUT2D eigenvalue weighted by atomic mass is 16.2. The van der Waals surface area contributed by atoms with E-state index in [-0.39, 0.29) is 11.8 Å². The monoisotopic (exact) mass is 223 g/mol.